The van der Waals surface area contributed by atoms with E-state index in [1.165, 1.54) is 11.0 Å². The molecule has 1 N–H and O–H groups in total. The summed E-state index contributed by atoms with van der Waals surface area (Å²) in [6.45, 7) is 12.5. The highest BCUT2D eigenvalue weighted by Gasteiger charge is 2.45. The summed E-state index contributed by atoms with van der Waals surface area (Å²) in [6.07, 6.45) is -4.68. The third-order valence-electron chi connectivity index (χ3n) is 7.30. The highest BCUT2D eigenvalue weighted by molar-refractivity contribution is 6.74. The van der Waals surface area contributed by atoms with E-state index in [4.69, 9.17) is 9.16 Å². The molecule has 1 amide bonds. The van der Waals surface area contributed by atoms with Gasteiger partial charge in [0, 0.05) is 30.3 Å². The molecule has 0 saturated heterocycles. The van der Waals surface area contributed by atoms with Crippen LogP contribution in [0.3, 0.4) is 0 Å². The second-order valence-electron chi connectivity index (χ2n) is 11.0. The number of hydrogen-bond acceptors (Lipinski definition) is 4. The normalized spacial score (nSPS) is 15.9. The molecule has 0 spiro atoms. The maximum absolute atomic E-state index is 14.3. The Morgan fingerprint density at radius 2 is 1.70 bits per heavy atom. The Labute approximate surface area is 218 Å². The van der Waals surface area contributed by atoms with Gasteiger partial charge in [0.25, 0.3) is 14.2 Å². The maximum atomic E-state index is 14.3. The molecule has 0 saturated carbocycles. The molecule has 0 bridgehead atoms. The molecule has 1 aliphatic heterocycles. The molecule has 3 rings (SSSR count). The first-order chi connectivity index (χ1) is 17.1. The molecule has 0 aliphatic carbocycles. The lowest BCUT2D eigenvalue weighted by atomic mass is 9.93. The lowest BCUT2D eigenvalue weighted by Crippen LogP contribution is -2.47. The molecule has 5 nitrogen and oxygen atoms in total. The van der Waals surface area contributed by atoms with Crippen LogP contribution in [-0.2, 0) is 21.8 Å². The Morgan fingerprint density at radius 1 is 1.08 bits per heavy atom. The van der Waals surface area contributed by atoms with Gasteiger partial charge in [-0.2, -0.15) is 13.2 Å². The molecule has 0 radical (unpaired) electrons. The van der Waals surface area contributed by atoms with Crippen molar-refractivity contribution in [2.24, 2.45) is 0 Å². The number of nitrogens with one attached hydrogen (secondary N) is 1. The number of likely N-dealkylation sites (N-methyl/N-ethyl adjacent to an activating group) is 1. The first kappa shape index (κ1) is 28.8. The van der Waals surface area contributed by atoms with E-state index in [9.17, 15) is 18.0 Å². The maximum Gasteiger partial charge on any atom is 0.416 e. The number of anilines is 1. The second kappa shape index (κ2) is 10.5. The lowest BCUT2D eigenvalue weighted by molar-refractivity contribution is -0.138. The van der Waals surface area contributed by atoms with Crippen molar-refractivity contribution in [3.05, 3.63) is 64.9 Å². The zero-order valence-corrected chi connectivity index (χ0v) is 23.8. The molecule has 202 valence electrons. The number of amides is 1. The zero-order chi connectivity index (χ0) is 27.8. The predicted octanol–water partition coefficient (Wildman–Crippen LogP) is 6.64. The summed E-state index contributed by atoms with van der Waals surface area (Å²) in [7, 11) is 0.738. The number of benzene rings is 2. The van der Waals surface area contributed by atoms with Crippen molar-refractivity contribution in [2.75, 3.05) is 25.6 Å². The molecule has 0 fully saturated rings. The zero-order valence-electron chi connectivity index (χ0n) is 22.8. The summed E-state index contributed by atoms with van der Waals surface area (Å²) in [5, 5.41) is 2.81. The number of carbonyl (C=O) groups is 1. The van der Waals surface area contributed by atoms with E-state index < -0.39 is 32.0 Å². The number of halogens is 3. The van der Waals surface area contributed by atoms with Crippen LogP contribution >= 0.6 is 0 Å². The SMILES string of the molecule is CNCC(C)N1C(=O)C(O[Si](C)(C)C(C)(C)C)=C(c2ccc(OC)cc2)Cc2c1cccc2C(F)(F)F. The summed E-state index contributed by atoms with van der Waals surface area (Å²) in [6, 6.07) is 10.6. The van der Waals surface area contributed by atoms with E-state index in [0.717, 1.165) is 6.07 Å². The van der Waals surface area contributed by atoms with Crippen LogP contribution in [0.4, 0.5) is 18.9 Å². The first-order valence-electron chi connectivity index (χ1n) is 12.4. The van der Waals surface area contributed by atoms with Crippen LogP contribution in [0, 0.1) is 0 Å². The minimum atomic E-state index is -4.58. The number of hydrogen-bond donors (Lipinski definition) is 1. The van der Waals surface area contributed by atoms with Crippen LogP contribution in [0.1, 0.15) is 44.4 Å². The smallest absolute Gasteiger partial charge is 0.416 e. The monoisotopic (exact) mass is 534 g/mol. The highest BCUT2D eigenvalue weighted by Crippen LogP contribution is 2.45. The fraction of sp³-hybridized carbons (Fsp3) is 0.464. The van der Waals surface area contributed by atoms with Gasteiger partial charge in [-0.05, 0) is 67.5 Å². The molecular formula is C28H37F3N2O3Si. The van der Waals surface area contributed by atoms with Gasteiger partial charge in [-0.25, -0.2) is 0 Å². The van der Waals surface area contributed by atoms with Gasteiger partial charge >= 0.3 is 6.18 Å². The van der Waals surface area contributed by atoms with E-state index in [2.05, 4.69) is 26.1 Å². The van der Waals surface area contributed by atoms with Gasteiger partial charge in [0.15, 0.2) is 5.76 Å². The average molecular weight is 535 g/mol. The van der Waals surface area contributed by atoms with Gasteiger partial charge in [0.05, 0.1) is 12.7 Å². The standard InChI is InChI=1S/C28H37F3N2O3Si/c1-18(17-32-5)33-24-11-9-10-23(28(29,30)31)22(24)16-21(19-12-14-20(35-6)15-13-19)25(26(33)34)36-37(7,8)27(2,3)4/h9-15,18,32H,16-17H2,1-8H3. The Hall–Kier alpha value is -2.78. The Balaban J connectivity index is 2.38. The van der Waals surface area contributed by atoms with E-state index in [1.807, 2.05) is 20.0 Å². The fourth-order valence-corrected chi connectivity index (χ4v) is 5.25. The van der Waals surface area contributed by atoms with Gasteiger partial charge < -0.3 is 19.4 Å². The van der Waals surface area contributed by atoms with E-state index in [-0.39, 0.29) is 28.5 Å². The van der Waals surface area contributed by atoms with Crippen LogP contribution in [0.25, 0.3) is 5.57 Å². The van der Waals surface area contributed by atoms with E-state index in [0.29, 0.717) is 23.4 Å². The number of fused-ring (bicyclic) bond motifs is 1. The minimum absolute atomic E-state index is 0.0611. The number of nitrogens with zero attached hydrogens (tertiary/aromatic N) is 1. The summed E-state index contributed by atoms with van der Waals surface area (Å²) in [5.74, 6) is 0.289. The van der Waals surface area contributed by atoms with Crippen molar-refractivity contribution in [3.63, 3.8) is 0 Å². The van der Waals surface area contributed by atoms with Crippen molar-refractivity contribution in [1.29, 1.82) is 0 Å². The van der Waals surface area contributed by atoms with E-state index in [1.54, 1.807) is 44.5 Å². The summed E-state index contributed by atoms with van der Waals surface area (Å²) in [4.78, 5) is 15.8. The van der Waals surface area contributed by atoms with Crippen LogP contribution < -0.4 is 15.0 Å². The Bertz CT molecular complexity index is 1170. The van der Waals surface area contributed by atoms with Crippen LogP contribution in [-0.4, -0.2) is 41.0 Å². The van der Waals surface area contributed by atoms with E-state index >= 15 is 0 Å². The van der Waals surface area contributed by atoms with Crippen molar-refractivity contribution in [1.82, 2.24) is 5.32 Å². The van der Waals surface area contributed by atoms with Gasteiger partial charge in [0.2, 0.25) is 0 Å². The van der Waals surface area contributed by atoms with Crippen molar-refractivity contribution in [3.8, 4) is 5.75 Å². The third kappa shape index (κ3) is 5.88. The lowest BCUT2D eigenvalue weighted by Gasteiger charge is -2.38. The van der Waals surface area contributed by atoms with Gasteiger partial charge in [-0.1, -0.05) is 39.0 Å². The Kier molecular flexibility index (Phi) is 8.19. The van der Waals surface area contributed by atoms with Crippen molar-refractivity contribution < 1.29 is 27.1 Å². The molecule has 2 aromatic carbocycles. The average Bonchev–Trinajstić information content (AvgIpc) is 2.92. The molecule has 0 aromatic heterocycles. The Morgan fingerprint density at radius 3 is 2.22 bits per heavy atom. The van der Waals surface area contributed by atoms with Gasteiger partial charge in [0.1, 0.15) is 5.75 Å². The topological polar surface area (TPSA) is 50.8 Å². The number of ether oxygens (including phenoxy) is 1. The molecule has 2 aromatic rings. The van der Waals surface area contributed by atoms with Crippen LogP contribution in [0.15, 0.2) is 48.2 Å². The quantitative estimate of drug-likeness (QED) is 0.405. The summed E-state index contributed by atoms with van der Waals surface area (Å²) in [5.41, 5.74) is 0.621. The van der Waals surface area contributed by atoms with Crippen LogP contribution in [0.5, 0.6) is 5.75 Å². The fourth-order valence-electron chi connectivity index (χ4n) is 4.22. The van der Waals surface area contributed by atoms with Crippen molar-refractivity contribution in [2.45, 2.75) is 64.5 Å². The second-order valence-corrected chi connectivity index (χ2v) is 15.7. The number of allylic oxidation sites excluding steroid dienone is 1. The molecular weight excluding hydrogens is 497 g/mol. The minimum Gasteiger partial charge on any atom is -0.540 e. The summed E-state index contributed by atoms with van der Waals surface area (Å²) >= 11 is 0. The first-order valence-corrected chi connectivity index (χ1v) is 15.3. The number of rotatable bonds is 7. The predicted molar refractivity (Wildman–Crippen MR) is 144 cm³/mol. The molecule has 9 heteroatoms. The van der Waals surface area contributed by atoms with Gasteiger partial charge in [-0.3, -0.25) is 4.79 Å². The number of methoxy groups -OCH3 is 1. The molecule has 1 unspecified atom stereocenters. The molecule has 1 atom stereocenters. The molecule has 37 heavy (non-hydrogen) atoms. The number of alkyl halides is 3. The largest absolute Gasteiger partial charge is 0.540 e. The van der Waals surface area contributed by atoms with Crippen molar-refractivity contribution >= 4 is 25.5 Å². The summed E-state index contributed by atoms with van der Waals surface area (Å²) < 4.78 is 54.7. The third-order valence-corrected chi connectivity index (χ3v) is 11.6. The molecule has 1 heterocycles. The van der Waals surface area contributed by atoms with Crippen LogP contribution in [0.2, 0.25) is 18.1 Å². The number of carbonyl (C=O) groups excluding carboxylic acids is 1. The van der Waals surface area contributed by atoms with Gasteiger partial charge in [-0.15, -0.1) is 0 Å². The highest BCUT2D eigenvalue weighted by atomic mass is 28.4. The molecule has 1 aliphatic rings.